The molecule has 2 atom stereocenters. The zero-order valence-corrected chi connectivity index (χ0v) is 40.7. The number of benzene rings is 4. The van der Waals surface area contributed by atoms with E-state index in [1.54, 1.807) is 13.8 Å². The van der Waals surface area contributed by atoms with Gasteiger partial charge in [0.2, 0.25) is 11.8 Å². The maximum absolute atomic E-state index is 10.6. The maximum atomic E-state index is 10.6. The standard InChI is InChI=1S/2C22H25.C6H12BN2O2.2ClH.Zr/c2*1-6-14(2)19-12-18-8-7-9-21(22(18)13-19)20-11-10-15(3)16(4)17(20)5;1-3-5(10)8-7-9-6(11)4-2;;;/h2*7-14H,6H2,1-5H3;3-4H2,1-2H3,(H,8,10)(H,9,11);2*1H;/q2*-1;;;;+4/p-2. The number of rotatable bonds is 10. The van der Waals surface area contributed by atoms with E-state index in [2.05, 4.69) is 165 Å². The van der Waals surface area contributed by atoms with E-state index in [4.69, 9.17) is 17.0 Å². The second-order valence-corrected chi connectivity index (χ2v) is 19.0. The Balaban J connectivity index is 0.000000237. The first-order valence-corrected chi connectivity index (χ1v) is 26.9. The number of hydrogen-bond acceptors (Lipinski definition) is 2. The Kier molecular flexibility index (Phi) is 20.2. The van der Waals surface area contributed by atoms with Crippen LogP contribution in [0.25, 0.3) is 43.8 Å². The number of hydrogen-bond donors (Lipinski definition) is 2. The van der Waals surface area contributed by atoms with Gasteiger partial charge in [-0.15, -0.1) is 69.1 Å². The Labute approximate surface area is 368 Å². The predicted molar refractivity (Wildman–Crippen MR) is 250 cm³/mol. The van der Waals surface area contributed by atoms with Crippen molar-refractivity contribution in [2.45, 2.75) is 121 Å². The van der Waals surface area contributed by atoms with E-state index in [9.17, 15) is 9.59 Å². The van der Waals surface area contributed by atoms with Crippen LogP contribution in [0.1, 0.15) is 124 Å². The summed E-state index contributed by atoms with van der Waals surface area (Å²) < 4.78 is 0. The van der Waals surface area contributed by atoms with Crippen molar-refractivity contribution in [2.24, 2.45) is 0 Å². The number of halogens is 2. The van der Waals surface area contributed by atoms with Crippen molar-refractivity contribution in [2.75, 3.05) is 0 Å². The fraction of sp³-hybridized carbons (Fsp3) is 0.360. The molecule has 0 saturated heterocycles. The Morgan fingerprint density at radius 2 is 0.948 bits per heavy atom. The van der Waals surface area contributed by atoms with Crippen molar-refractivity contribution < 1.29 is 30.4 Å². The van der Waals surface area contributed by atoms with E-state index >= 15 is 0 Å². The molecule has 6 rings (SSSR count). The number of carbonyl (C=O) groups excluding carboxylic acids is 2. The number of aryl methyl sites for hydroxylation is 2. The fourth-order valence-corrected chi connectivity index (χ4v) is 6.92. The topological polar surface area (TPSA) is 58.2 Å². The first kappa shape index (κ1) is 48.9. The van der Waals surface area contributed by atoms with Crippen LogP contribution in [0.3, 0.4) is 0 Å². The molecule has 0 fully saturated rings. The fourth-order valence-electron chi connectivity index (χ4n) is 6.92. The van der Waals surface area contributed by atoms with Crippen molar-refractivity contribution >= 4 is 57.9 Å². The van der Waals surface area contributed by atoms with Crippen LogP contribution >= 0.6 is 17.0 Å². The Hall–Kier alpha value is -3.43. The third-order valence-electron chi connectivity index (χ3n) is 11.7. The van der Waals surface area contributed by atoms with Gasteiger partial charge in [-0.3, -0.25) is 9.59 Å². The Morgan fingerprint density at radius 3 is 1.28 bits per heavy atom. The molecule has 0 bridgehead atoms. The Bertz CT molecular complexity index is 2120. The minimum atomic E-state index is -0.826. The van der Waals surface area contributed by atoms with E-state index in [1.165, 1.54) is 109 Å². The van der Waals surface area contributed by atoms with Crippen LogP contribution in [0.2, 0.25) is 0 Å². The SMILES string of the molecule is CCC(=O)N[B]NC(=O)CC.CCC(C)c1cc2c(-c3ccc(C)c(C)c3C)cccc2[cH-]1.CCC(C)c1cc2c(-c3ccc(C)c(C)c3C)cccc2[cH-]1.[Cl][Zr+2][Cl]. The molecule has 0 aliphatic heterocycles. The van der Waals surface area contributed by atoms with E-state index in [0.29, 0.717) is 24.7 Å². The molecule has 1 radical (unpaired) electrons. The second kappa shape index (κ2) is 24.0. The van der Waals surface area contributed by atoms with Gasteiger partial charge in [0.05, 0.1) is 0 Å². The molecule has 4 nitrogen and oxygen atoms in total. The molecule has 0 aliphatic carbocycles. The summed E-state index contributed by atoms with van der Waals surface area (Å²) in [6.07, 6.45) is 3.21. The summed E-state index contributed by atoms with van der Waals surface area (Å²) in [6, 6.07) is 31.9. The van der Waals surface area contributed by atoms with E-state index in [-0.39, 0.29) is 11.8 Å². The molecular formula is C50H62BCl2N2O2Zr. The summed E-state index contributed by atoms with van der Waals surface area (Å²) in [5.74, 6) is 1.03. The first-order valence-electron chi connectivity index (χ1n) is 20.6. The monoisotopic (exact) mass is 893 g/mol. The molecule has 0 aliphatic rings. The number of nitrogens with one attached hydrogen (secondary N) is 2. The third kappa shape index (κ3) is 12.8. The molecule has 0 spiro atoms. The molecule has 2 N–H and O–H groups in total. The van der Waals surface area contributed by atoms with Gasteiger partial charge in [-0.2, -0.15) is 12.1 Å². The molecule has 305 valence electrons. The van der Waals surface area contributed by atoms with Crippen molar-refractivity contribution in [3.8, 4) is 22.3 Å². The molecule has 58 heavy (non-hydrogen) atoms. The summed E-state index contributed by atoms with van der Waals surface area (Å²) >= 11 is -0.826. The van der Waals surface area contributed by atoms with Crippen LogP contribution in [0.5, 0.6) is 0 Å². The van der Waals surface area contributed by atoms with Crippen LogP contribution in [0.4, 0.5) is 0 Å². The summed E-state index contributed by atoms with van der Waals surface area (Å²) in [6.45, 7) is 26.0. The average molecular weight is 896 g/mol. The molecule has 2 amide bonds. The van der Waals surface area contributed by atoms with Gasteiger partial charge in [0, 0.05) is 12.8 Å². The van der Waals surface area contributed by atoms with Crippen molar-refractivity contribution in [3.63, 3.8) is 0 Å². The minimum absolute atomic E-state index is 0.110. The Morgan fingerprint density at radius 1 is 0.586 bits per heavy atom. The van der Waals surface area contributed by atoms with Crippen LogP contribution < -0.4 is 10.5 Å². The molecule has 8 heteroatoms. The van der Waals surface area contributed by atoms with Crippen LogP contribution in [-0.4, -0.2) is 19.4 Å². The molecule has 6 aromatic rings. The van der Waals surface area contributed by atoms with Crippen molar-refractivity contribution in [3.05, 3.63) is 129 Å². The van der Waals surface area contributed by atoms with Gasteiger partial charge in [-0.1, -0.05) is 102 Å². The van der Waals surface area contributed by atoms with Gasteiger partial charge in [-0.25, -0.2) is 0 Å². The van der Waals surface area contributed by atoms with Crippen molar-refractivity contribution in [1.29, 1.82) is 0 Å². The third-order valence-corrected chi connectivity index (χ3v) is 11.7. The van der Waals surface area contributed by atoms with Gasteiger partial charge in [0.1, 0.15) is 0 Å². The predicted octanol–water partition coefficient (Wildman–Crippen LogP) is 14.3. The zero-order chi connectivity index (χ0) is 43.1. The summed E-state index contributed by atoms with van der Waals surface area (Å²) in [5, 5.41) is 10.3. The first-order chi connectivity index (χ1) is 27.7. The van der Waals surface area contributed by atoms with E-state index in [0.717, 1.165) is 0 Å². The normalized spacial score (nSPS) is 11.5. The van der Waals surface area contributed by atoms with Crippen LogP contribution in [-0.2, 0) is 30.4 Å². The van der Waals surface area contributed by atoms with Crippen LogP contribution in [0, 0.1) is 41.5 Å². The number of fused-ring (bicyclic) bond motifs is 2. The zero-order valence-electron chi connectivity index (χ0n) is 36.7. The number of amides is 2. The quantitative estimate of drug-likeness (QED) is 0.106. The molecule has 2 unspecified atom stereocenters. The van der Waals surface area contributed by atoms with Gasteiger partial charge < -0.3 is 10.5 Å². The number of carbonyl (C=O) groups is 2. The summed E-state index contributed by atoms with van der Waals surface area (Å²) in [4.78, 5) is 21.2. The van der Waals surface area contributed by atoms with E-state index < -0.39 is 20.8 Å². The second-order valence-electron chi connectivity index (χ2n) is 15.2. The summed E-state index contributed by atoms with van der Waals surface area (Å²) in [5.41, 5.74) is 16.8. The van der Waals surface area contributed by atoms with Crippen molar-refractivity contribution in [1.82, 2.24) is 10.5 Å². The molecule has 6 aromatic carbocycles. The van der Waals surface area contributed by atoms with Gasteiger partial charge >= 0.3 is 45.4 Å². The van der Waals surface area contributed by atoms with E-state index in [1.807, 2.05) is 0 Å². The summed E-state index contributed by atoms with van der Waals surface area (Å²) in [7, 11) is 11.1. The van der Waals surface area contributed by atoms with Gasteiger partial charge in [0.15, 0.2) is 0 Å². The molecule has 0 saturated carbocycles. The van der Waals surface area contributed by atoms with Gasteiger partial charge in [-0.05, 0) is 97.9 Å². The molecule has 0 aromatic heterocycles. The average Bonchev–Trinajstić information content (AvgIpc) is 3.88. The van der Waals surface area contributed by atoms with Gasteiger partial charge in [0.25, 0.3) is 0 Å². The van der Waals surface area contributed by atoms with Crippen LogP contribution in [0.15, 0.2) is 84.9 Å². The molecule has 0 heterocycles. The molecular weight excluding hydrogens is 834 g/mol.